The highest BCUT2D eigenvalue weighted by atomic mass is 35.5. The molecular weight excluding hydrogens is 389 g/mol. The molecular formula is C19H19Cl2N3OS. The van der Waals surface area contributed by atoms with Crippen LogP contribution in [0.25, 0.3) is 10.2 Å². The molecule has 0 unspecified atom stereocenters. The minimum Gasteiger partial charge on any atom is -0.308 e. The van der Waals surface area contributed by atoms with Crippen molar-refractivity contribution in [3.8, 4) is 0 Å². The van der Waals surface area contributed by atoms with Crippen molar-refractivity contribution in [2.75, 3.05) is 32.1 Å². The maximum absolute atomic E-state index is 13.1. The molecule has 3 aromatic rings. The van der Waals surface area contributed by atoms with E-state index in [-0.39, 0.29) is 5.91 Å². The highest BCUT2D eigenvalue weighted by Gasteiger charge is 2.22. The molecule has 3 rings (SSSR count). The summed E-state index contributed by atoms with van der Waals surface area (Å²) in [5, 5.41) is 1.95. The average Bonchev–Trinajstić information content (AvgIpc) is 2.99. The van der Waals surface area contributed by atoms with Crippen molar-refractivity contribution in [1.82, 2.24) is 9.88 Å². The van der Waals surface area contributed by atoms with Gasteiger partial charge in [-0.1, -0.05) is 34.5 Å². The maximum Gasteiger partial charge on any atom is 0.260 e. The highest BCUT2D eigenvalue weighted by molar-refractivity contribution is 7.22. The van der Waals surface area contributed by atoms with Gasteiger partial charge in [0.05, 0.1) is 10.2 Å². The van der Waals surface area contributed by atoms with E-state index < -0.39 is 0 Å². The van der Waals surface area contributed by atoms with Crippen LogP contribution >= 0.6 is 34.5 Å². The molecule has 0 atom stereocenters. The van der Waals surface area contributed by atoms with Crippen LogP contribution in [-0.2, 0) is 0 Å². The molecule has 0 saturated carbocycles. The number of anilines is 1. The van der Waals surface area contributed by atoms with Gasteiger partial charge < -0.3 is 4.90 Å². The summed E-state index contributed by atoms with van der Waals surface area (Å²) in [5.74, 6) is -0.0914. The first-order valence-electron chi connectivity index (χ1n) is 8.14. The fourth-order valence-corrected chi connectivity index (χ4v) is 4.16. The summed E-state index contributed by atoms with van der Waals surface area (Å²) in [7, 11) is 3.96. The molecule has 0 aliphatic carbocycles. The van der Waals surface area contributed by atoms with Crippen molar-refractivity contribution in [3.63, 3.8) is 0 Å². The zero-order valence-corrected chi connectivity index (χ0v) is 17.1. The summed E-state index contributed by atoms with van der Waals surface area (Å²) >= 11 is 13.6. The molecule has 7 heteroatoms. The summed E-state index contributed by atoms with van der Waals surface area (Å²) in [6.07, 6.45) is 0. The van der Waals surface area contributed by atoms with Gasteiger partial charge in [0.15, 0.2) is 5.13 Å². The minimum atomic E-state index is -0.0914. The molecule has 0 N–H and O–H groups in total. The topological polar surface area (TPSA) is 36.4 Å². The first-order valence-corrected chi connectivity index (χ1v) is 9.71. The summed E-state index contributed by atoms with van der Waals surface area (Å²) in [5.41, 5.74) is 2.47. The van der Waals surface area contributed by atoms with E-state index in [4.69, 9.17) is 28.2 Å². The minimum absolute atomic E-state index is 0.0914. The number of aromatic nitrogens is 1. The first-order chi connectivity index (χ1) is 12.3. The van der Waals surface area contributed by atoms with Gasteiger partial charge in [0.25, 0.3) is 5.91 Å². The second kappa shape index (κ2) is 7.92. The van der Waals surface area contributed by atoms with Crippen molar-refractivity contribution in [2.24, 2.45) is 0 Å². The molecule has 4 nitrogen and oxygen atoms in total. The van der Waals surface area contributed by atoms with Crippen LogP contribution in [-0.4, -0.2) is 43.0 Å². The van der Waals surface area contributed by atoms with Crippen molar-refractivity contribution in [2.45, 2.75) is 6.92 Å². The van der Waals surface area contributed by atoms with Crippen LogP contribution in [0.4, 0.5) is 5.13 Å². The van der Waals surface area contributed by atoms with Crippen LogP contribution in [0.5, 0.6) is 0 Å². The summed E-state index contributed by atoms with van der Waals surface area (Å²) < 4.78 is 0.976. The molecule has 0 radical (unpaired) electrons. The molecule has 26 heavy (non-hydrogen) atoms. The molecule has 0 aliphatic rings. The van der Waals surface area contributed by atoms with Crippen molar-refractivity contribution >= 4 is 55.8 Å². The smallest absolute Gasteiger partial charge is 0.260 e. The van der Waals surface area contributed by atoms with E-state index in [0.717, 1.165) is 22.3 Å². The lowest BCUT2D eigenvalue weighted by atomic mass is 10.2. The third-order valence-corrected chi connectivity index (χ3v) is 5.47. The van der Waals surface area contributed by atoms with Gasteiger partial charge in [-0.3, -0.25) is 9.69 Å². The zero-order chi connectivity index (χ0) is 18.8. The molecule has 1 amide bonds. The fraction of sp³-hybridized carbons (Fsp3) is 0.263. The number of rotatable bonds is 5. The van der Waals surface area contributed by atoms with Crippen LogP contribution in [0.2, 0.25) is 10.0 Å². The van der Waals surface area contributed by atoms with Gasteiger partial charge in [0.2, 0.25) is 0 Å². The van der Waals surface area contributed by atoms with Crippen molar-refractivity contribution in [3.05, 3.63) is 57.6 Å². The average molecular weight is 408 g/mol. The Morgan fingerprint density at radius 3 is 2.42 bits per heavy atom. The van der Waals surface area contributed by atoms with Gasteiger partial charge in [-0.15, -0.1) is 0 Å². The number of carbonyl (C=O) groups excluding carboxylic acids is 1. The second-order valence-electron chi connectivity index (χ2n) is 6.33. The van der Waals surface area contributed by atoms with E-state index in [9.17, 15) is 4.79 Å². The largest absolute Gasteiger partial charge is 0.308 e. The van der Waals surface area contributed by atoms with E-state index in [1.54, 1.807) is 29.2 Å². The Kier molecular flexibility index (Phi) is 5.82. The zero-order valence-electron chi connectivity index (χ0n) is 14.8. The van der Waals surface area contributed by atoms with Crippen LogP contribution < -0.4 is 4.90 Å². The summed E-state index contributed by atoms with van der Waals surface area (Å²) in [6, 6.07) is 10.7. The Morgan fingerprint density at radius 1 is 1.08 bits per heavy atom. The number of hydrogen-bond acceptors (Lipinski definition) is 4. The first kappa shape index (κ1) is 19.1. The monoisotopic (exact) mass is 407 g/mol. The Bertz CT molecular complexity index is 938. The quantitative estimate of drug-likeness (QED) is 0.588. The van der Waals surface area contributed by atoms with E-state index in [0.29, 0.717) is 27.3 Å². The third-order valence-electron chi connectivity index (χ3n) is 3.98. The lowest BCUT2D eigenvalue weighted by molar-refractivity contribution is 0.0985. The van der Waals surface area contributed by atoms with Crippen LogP contribution in [0.3, 0.4) is 0 Å². The molecule has 0 saturated heterocycles. The van der Waals surface area contributed by atoms with Gasteiger partial charge in [-0.25, -0.2) is 4.98 Å². The molecule has 136 valence electrons. The fourth-order valence-electron chi connectivity index (χ4n) is 2.59. The number of nitrogens with zero attached hydrogens (tertiary/aromatic N) is 3. The van der Waals surface area contributed by atoms with Crippen LogP contribution in [0, 0.1) is 6.92 Å². The maximum atomic E-state index is 13.1. The van der Waals surface area contributed by atoms with Gasteiger partial charge >= 0.3 is 0 Å². The number of hydrogen-bond donors (Lipinski definition) is 0. The van der Waals surface area contributed by atoms with E-state index in [1.165, 1.54) is 11.3 Å². The Hall–Kier alpha value is -1.66. The van der Waals surface area contributed by atoms with Crippen LogP contribution in [0.15, 0.2) is 36.4 Å². The molecule has 0 aliphatic heterocycles. The number of carbonyl (C=O) groups is 1. The van der Waals surface area contributed by atoms with Gasteiger partial charge in [-0.05, 0) is 63.0 Å². The van der Waals surface area contributed by atoms with E-state index in [2.05, 4.69) is 0 Å². The predicted molar refractivity (Wildman–Crippen MR) is 111 cm³/mol. The Balaban J connectivity index is 2.01. The second-order valence-corrected chi connectivity index (χ2v) is 8.21. The van der Waals surface area contributed by atoms with Crippen molar-refractivity contribution < 1.29 is 4.79 Å². The predicted octanol–water partition coefficient (Wildman–Crippen LogP) is 5.12. The van der Waals surface area contributed by atoms with E-state index in [1.807, 2.05) is 38.1 Å². The highest BCUT2D eigenvalue weighted by Crippen LogP contribution is 2.33. The number of aryl methyl sites for hydroxylation is 1. The number of benzene rings is 2. The molecule has 1 aromatic heterocycles. The molecule has 0 spiro atoms. The number of fused-ring (bicyclic) bond motifs is 1. The third kappa shape index (κ3) is 4.18. The number of thiazole rings is 1. The standard InChI is InChI=1S/C19H19Cl2N3OS/c1-12-10-15(21)11-16-17(12)22-19(26-16)24(9-8-23(2)3)18(25)13-4-6-14(20)7-5-13/h4-7,10-11H,8-9H2,1-3H3. The molecule has 1 heterocycles. The molecule has 0 bridgehead atoms. The van der Waals surface area contributed by atoms with Gasteiger partial charge in [0.1, 0.15) is 0 Å². The summed E-state index contributed by atoms with van der Waals surface area (Å²) in [4.78, 5) is 21.6. The van der Waals surface area contributed by atoms with E-state index >= 15 is 0 Å². The van der Waals surface area contributed by atoms with Crippen molar-refractivity contribution in [1.29, 1.82) is 0 Å². The van der Waals surface area contributed by atoms with Gasteiger partial charge in [-0.2, -0.15) is 0 Å². The Morgan fingerprint density at radius 2 is 1.77 bits per heavy atom. The van der Waals surface area contributed by atoms with Gasteiger partial charge in [0, 0.05) is 28.7 Å². The number of likely N-dealkylation sites (N-methyl/N-ethyl adjacent to an activating group) is 1. The number of halogens is 2. The lowest BCUT2D eigenvalue weighted by Crippen LogP contribution is -2.36. The lowest BCUT2D eigenvalue weighted by Gasteiger charge is -2.22. The molecule has 2 aromatic carbocycles. The normalized spacial score (nSPS) is 11.3. The summed E-state index contributed by atoms with van der Waals surface area (Å²) in [6.45, 7) is 3.25. The molecule has 0 fully saturated rings. The SMILES string of the molecule is Cc1cc(Cl)cc2sc(N(CCN(C)C)C(=O)c3ccc(Cl)cc3)nc12. The Labute approximate surface area is 167 Å². The van der Waals surface area contributed by atoms with Crippen LogP contribution in [0.1, 0.15) is 15.9 Å². The number of amides is 1.